The maximum absolute atomic E-state index is 3.70. The fourth-order valence-electron chi connectivity index (χ4n) is 2.29. The minimum absolute atomic E-state index is 0.453. The van der Waals surface area contributed by atoms with Crippen LogP contribution in [0.4, 0.5) is 0 Å². The van der Waals surface area contributed by atoms with Gasteiger partial charge in [-0.15, -0.1) is 0 Å². The second-order valence-electron chi connectivity index (χ2n) is 4.86. The van der Waals surface area contributed by atoms with Gasteiger partial charge in [0.1, 0.15) is 0 Å². The molecule has 0 amide bonds. The Balaban J connectivity index is 2.96. The molecule has 1 N–H and O–H groups in total. The largest absolute Gasteiger partial charge is 0.310 e. The summed E-state index contributed by atoms with van der Waals surface area (Å²) in [6, 6.07) is 7.06. The first-order valence-electron chi connectivity index (χ1n) is 6.78. The fourth-order valence-corrected chi connectivity index (χ4v) is 3.30. The van der Waals surface area contributed by atoms with Crippen LogP contribution in [0.5, 0.6) is 0 Å². The van der Waals surface area contributed by atoms with Gasteiger partial charge in [0.2, 0.25) is 0 Å². The van der Waals surface area contributed by atoms with Crippen molar-refractivity contribution in [3.63, 3.8) is 0 Å². The molecule has 1 aromatic rings. The van der Waals surface area contributed by atoms with Crippen molar-refractivity contribution in [2.24, 2.45) is 5.92 Å². The highest BCUT2D eigenvalue weighted by Gasteiger charge is 2.20. The van der Waals surface area contributed by atoms with E-state index in [2.05, 4.69) is 82.8 Å². The topological polar surface area (TPSA) is 12.0 Å². The van der Waals surface area contributed by atoms with Crippen molar-refractivity contribution in [3.05, 3.63) is 31.8 Å². The van der Waals surface area contributed by atoms with Gasteiger partial charge in [0.15, 0.2) is 0 Å². The third-order valence-electron chi connectivity index (χ3n) is 3.22. The summed E-state index contributed by atoms with van der Waals surface area (Å²) in [5, 5.41) is 3.70. The highest BCUT2D eigenvalue weighted by atomic mass is 127. The number of rotatable bonds is 7. The maximum Gasteiger partial charge on any atom is 0.0357 e. The molecule has 0 saturated heterocycles. The second-order valence-corrected chi connectivity index (χ2v) is 6.96. The van der Waals surface area contributed by atoms with Crippen LogP contribution in [0.3, 0.4) is 0 Å². The lowest BCUT2D eigenvalue weighted by atomic mass is 9.91. The third kappa shape index (κ3) is 4.82. The van der Waals surface area contributed by atoms with E-state index < -0.39 is 0 Å². The van der Waals surface area contributed by atoms with Crippen molar-refractivity contribution in [2.75, 3.05) is 6.54 Å². The van der Waals surface area contributed by atoms with Crippen LogP contribution < -0.4 is 5.32 Å². The zero-order valence-corrected chi connectivity index (χ0v) is 15.2. The molecule has 102 valence electrons. The maximum atomic E-state index is 3.70. The molecule has 2 atom stereocenters. The summed E-state index contributed by atoms with van der Waals surface area (Å²) in [7, 11) is 0. The molecule has 2 unspecified atom stereocenters. The SMILES string of the molecule is CCCNC(c1cc(I)ccc1Br)C(C)CCC. The van der Waals surface area contributed by atoms with E-state index in [1.807, 2.05) is 0 Å². The summed E-state index contributed by atoms with van der Waals surface area (Å²) >= 11 is 6.09. The molecule has 0 aliphatic rings. The number of nitrogens with one attached hydrogen (secondary N) is 1. The Bertz CT molecular complexity index is 368. The lowest BCUT2D eigenvalue weighted by Gasteiger charge is -2.26. The van der Waals surface area contributed by atoms with E-state index in [-0.39, 0.29) is 0 Å². The summed E-state index contributed by atoms with van der Waals surface area (Å²) in [4.78, 5) is 0. The van der Waals surface area contributed by atoms with Gasteiger partial charge in [-0.05, 0) is 71.7 Å². The van der Waals surface area contributed by atoms with E-state index in [9.17, 15) is 0 Å². The van der Waals surface area contributed by atoms with Crippen molar-refractivity contribution < 1.29 is 0 Å². The van der Waals surface area contributed by atoms with Gasteiger partial charge in [-0.1, -0.05) is 43.1 Å². The van der Waals surface area contributed by atoms with Crippen molar-refractivity contribution >= 4 is 38.5 Å². The van der Waals surface area contributed by atoms with Crippen molar-refractivity contribution in [1.82, 2.24) is 5.32 Å². The Morgan fingerprint density at radius 3 is 2.61 bits per heavy atom. The average Bonchev–Trinajstić information content (AvgIpc) is 2.34. The van der Waals surface area contributed by atoms with Gasteiger partial charge < -0.3 is 5.32 Å². The Hall–Kier alpha value is 0.390. The van der Waals surface area contributed by atoms with Gasteiger partial charge in [0.25, 0.3) is 0 Å². The van der Waals surface area contributed by atoms with Gasteiger partial charge >= 0.3 is 0 Å². The second kappa shape index (κ2) is 8.54. The Labute approximate surface area is 133 Å². The number of benzene rings is 1. The van der Waals surface area contributed by atoms with E-state index in [1.165, 1.54) is 32.9 Å². The van der Waals surface area contributed by atoms with E-state index in [1.54, 1.807) is 0 Å². The standard InChI is InChI=1S/C15H23BrIN/c1-4-6-11(3)15(18-9-5-2)13-10-12(17)7-8-14(13)16/h7-8,10-11,15,18H,4-6,9H2,1-3H3. The summed E-state index contributed by atoms with van der Waals surface area (Å²) in [5.41, 5.74) is 1.40. The summed E-state index contributed by atoms with van der Waals surface area (Å²) < 4.78 is 2.53. The van der Waals surface area contributed by atoms with E-state index >= 15 is 0 Å². The van der Waals surface area contributed by atoms with Gasteiger partial charge in [0, 0.05) is 14.1 Å². The van der Waals surface area contributed by atoms with Crippen LogP contribution in [0, 0.1) is 9.49 Å². The highest BCUT2D eigenvalue weighted by molar-refractivity contribution is 14.1. The summed E-state index contributed by atoms with van der Waals surface area (Å²) in [6.07, 6.45) is 3.68. The van der Waals surface area contributed by atoms with Crippen LogP contribution >= 0.6 is 38.5 Å². The molecule has 1 aromatic carbocycles. The summed E-state index contributed by atoms with van der Waals surface area (Å²) in [6.45, 7) is 7.91. The number of halogens is 2. The van der Waals surface area contributed by atoms with Crippen LogP contribution in [-0.2, 0) is 0 Å². The van der Waals surface area contributed by atoms with E-state index in [0.29, 0.717) is 12.0 Å². The molecule has 0 saturated carbocycles. The van der Waals surface area contributed by atoms with Crippen molar-refractivity contribution in [3.8, 4) is 0 Å². The highest BCUT2D eigenvalue weighted by Crippen LogP contribution is 2.32. The molecule has 0 heterocycles. The number of hydrogen-bond donors (Lipinski definition) is 1. The van der Waals surface area contributed by atoms with Crippen LogP contribution in [-0.4, -0.2) is 6.54 Å². The van der Waals surface area contributed by atoms with Crippen LogP contribution in [0.1, 0.15) is 51.6 Å². The predicted molar refractivity (Wildman–Crippen MR) is 92.0 cm³/mol. The quantitative estimate of drug-likeness (QED) is 0.568. The molecule has 0 spiro atoms. The first-order valence-corrected chi connectivity index (χ1v) is 8.65. The van der Waals surface area contributed by atoms with Crippen LogP contribution in [0.25, 0.3) is 0 Å². The Morgan fingerprint density at radius 2 is 2.00 bits per heavy atom. The molecule has 0 bridgehead atoms. The van der Waals surface area contributed by atoms with E-state index in [4.69, 9.17) is 0 Å². The molecule has 0 radical (unpaired) electrons. The molecular formula is C15H23BrIN. The fraction of sp³-hybridized carbons (Fsp3) is 0.600. The molecule has 1 rings (SSSR count). The molecule has 0 aliphatic heterocycles. The molecule has 0 fully saturated rings. The smallest absolute Gasteiger partial charge is 0.0357 e. The normalized spacial score (nSPS) is 14.5. The Kier molecular flexibility index (Phi) is 7.80. The lowest BCUT2D eigenvalue weighted by molar-refractivity contribution is 0.362. The minimum Gasteiger partial charge on any atom is -0.310 e. The molecule has 0 aliphatic carbocycles. The monoisotopic (exact) mass is 423 g/mol. The van der Waals surface area contributed by atoms with Crippen LogP contribution in [0.2, 0.25) is 0 Å². The summed E-state index contributed by atoms with van der Waals surface area (Å²) in [5.74, 6) is 0.663. The lowest BCUT2D eigenvalue weighted by Crippen LogP contribution is -2.28. The molecular weight excluding hydrogens is 401 g/mol. The first kappa shape index (κ1) is 16.4. The molecule has 3 heteroatoms. The molecule has 18 heavy (non-hydrogen) atoms. The van der Waals surface area contributed by atoms with Gasteiger partial charge in [0.05, 0.1) is 0 Å². The van der Waals surface area contributed by atoms with E-state index in [0.717, 1.165) is 6.54 Å². The van der Waals surface area contributed by atoms with Gasteiger partial charge in [-0.25, -0.2) is 0 Å². The van der Waals surface area contributed by atoms with Crippen molar-refractivity contribution in [2.45, 2.75) is 46.1 Å². The Morgan fingerprint density at radius 1 is 1.28 bits per heavy atom. The molecule has 1 nitrogen and oxygen atoms in total. The zero-order chi connectivity index (χ0) is 13.5. The van der Waals surface area contributed by atoms with Gasteiger partial charge in [-0.2, -0.15) is 0 Å². The number of hydrogen-bond acceptors (Lipinski definition) is 1. The van der Waals surface area contributed by atoms with Gasteiger partial charge in [-0.3, -0.25) is 0 Å². The average molecular weight is 424 g/mol. The van der Waals surface area contributed by atoms with Crippen molar-refractivity contribution in [1.29, 1.82) is 0 Å². The predicted octanol–water partition coefficient (Wildman–Crippen LogP) is 5.53. The molecule has 0 aromatic heterocycles. The first-order chi connectivity index (χ1) is 8.60. The minimum atomic E-state index is 0.453. The van der Waals surface area contributed by atoms with Crippen LogP contribution in [0.15, 0.2) is 22.7 Å². The third-order valence-corrected chi connectivity index (χ3v) is 4.61. The zero-order valence-electron chi connectivity index (χ0n) is 11.5.